The Kier molecular flexibility index (Phi) is 3.98. The van der Waals surface area contributed by atoms with E-state index in [-0.39, 0.29) is 0 Å². The Morgan fingerprint density at radius 3 is 2.38 bits per heavy atom. The van der Waals surface area contributed by atoms with Gasteiger partial charge in [0.2, 0.25) is 0 Å². The van der Waals surface area contributed by atoms with E-state index in [0.29, 0.717) is 15.1 Å². The maximum absolute atomic E-state index is 5.92. The standard InChI is InChI=1S/C11H6Cl3NS/c12-7-1-4-11(15-6-7)16-8-2-3-9(13)10(14)5-8/h1-6H. The Labute approximate surface area is 113 Å². The van der Waals surface area contributed by atoms with Crippen molar-refractivity contribution in [1.82, 2.24) is 4.98 Å². The van der Waals surface area contributed by atoms with E-state index in [9.17, 15) is 0 Å². The predicted octanol–water partition coefficient (Wildman–Crippen LogP) is 5.19. The summed E-state index contributed by atoms with van der Waals surface area (Å²) in [6.45, 7) is 0. The minimum absolute atomic E-state index is 0.542. The van der Waals surface area contributed by atoms with E-state index in [1.165, 1.54) is 11.8 Å². The molecule has 0 saturated carbocycles. The first-order valence-corrected chi connectivity index (χ1v) is 6.34. The lowest BCUT2D eigenvalue weighted by atomic mass is 10.4. The number of hydrogen-bond donors (Lipinski definition) is 0. The minimum Gasteiger partial charge on any atom is -0.248 e. The molecule has 82 valence electrons. The van der Waals surface area contributed by atoms with E-state index in [2.05, 4.69) is 4.98 Å². The molecule has 0 aliphatic rings. The summed E-state index contributed by atoms with van der Waals surface area (Å²) in [4.78, 5) is 5.17. The monoisotopic (exact) mass is 289 g/mol. The molecule has 1 aromatic heterocycles. The highest BCUT2D eigenvalue weighted by Gasteiger charge is 2.02. The van der Waals surface area contributed by atoms with E-state index in [1.54, 1.807) is 18.3 Å². The highest BCUT2D eigenvalue weighted by molar-refractivity contribution is 7.99. The Bertz CT molecular complexity index is 499. The molecule has 0 spiro atoms. The van der Waals surface area contributed by atoms with Gasteiger partial charge in [-0.3, -0.25) is 0 Å². The quantitative estimate of drug-likeness (QED) is 0.754. The summed E-state index contributed by atoms with van der Waals surface area (Å²) in [7, 11) is 0. The number of halogens is 3. The van der Waals surface area contributed by atoms with E-state index in [0.717, 1.165) is 9.92 Å². The zero-order valence-corrected chi connectivity index (χ0v) is 11.0. The summed E-state index contributed by atoms with van der Waals surface area (Å²) in [6.07, 6.45) is 1.61. The lowest BCUT2D eigenvalue weighted by Crippen LogP contribution is -1.79. The smallest absolute Gasteiger partial charge is 0.101 e. The topological polar surface area (TPSA) is 12.9 Å². The molecule has 0 radical (unpaired) electrons. The molecule has 2 rings (SSSR count). The molecule has 0 unspecified atom stereocenters. The van der Waals surface area contributed by atoms with Crippen LogP contribution in [0.5, 0.6) is 0 Å². The van der Waals surface area contributed by atoms with Crippen LogP contribution >= 0.6 is 46.6 Å². The molecule has 2 aromatic rings. The number of aromatic nitrogens is 1. The van der Waals surface area contributed by atoms with Crippen molar-refractivity contribution in [3.05, 3.63) is 51.6 Å². The van der Waals surface area contributed by atoms with Gasteiger partial charge < -0.3 is 0 Å². The van der Waals surface area contributed by atoms with E-state index < -0.39 is 0 Å². The Morgan fingerprint density at radius 2 is 1.75 bits per heavy atom. The molecule has 0 saturated heterocycles. The summed E-state index contributed by atoms with van der Waals surface area (Å²) >= 11 is 19.0. The summed E-state index contributed by atoms with van der Waals surface area (Å²) in [6, 6.07) is 9.13. The highest BCUT2D eigenvalue weighted by atomic mass is 35.5. The van der Waals surface area contributed by atoms with Gasteiger partial charge in [0, 0.05) is 11.1 Å². The first-order valence-electron chi connectivity index (χ1n) is 4.39. The number of pyridine rings is 1. The molecular weight excluding hydrogens is 285 g/mol. The van der Waals surface area contributed by atoms with Crippen LogP contribution in [0.4, 0.5) is 0 Å². The van der Waals surface area contributed by atoms with Crippen LogP contribution in [0.2, 0.25) is 15.1 Å². The van der Waals surface area contributed by atoms with Crippen LogP contribution in [-0.4, -0.2) is 4.98 Å². The van der Waals surface area contributed by atoms with Gasteiger partial charge in [-0.15, -0.1) is 0 Å². The van der Waals surface area contributed by atoms with Crippen LogP contribution in [0.1, 0.15) is 0 Å². The molecule has 0 atom stereocenters. The van der Waals surface area contributed by atoms with Crippen LogP contribution in [0.3, 0.4) is 0 Å². The lowest BCUT2D eigenvalue weighted by molar-refractivity contribution is 1.13. The van der Waals surface area contributed by atoms with Gasteiger partial charge in [0.15, 0.2) is 0 Å². The Hall–Kier alpha value is -0.410. The number of nitrogens with zero attached hydrogens (tertiary/aromatic N) is 1. The van der Waals surface area contributed by atoms with Gasteiger partial charge in [0.1, 0.15) is 5.03 Å². The zero-order chi connectivity index (χ0) is 11.5. The van der Waals surface area contributed by atoms with E-state index >= 15 is 0 Å². The van der Waals surface area contributed by atoms with Crippen molar-refractivity contribution in [3.8, 4) is 0 Å². The highest BCUT2D eigenvalue weighted by Crippen LogP contribution is 2.31. The molecule has 0 amide bonds. The van der Waals surface area contributed by atoms with Crippen molar-refractivity contribution < 1.29 is 0 Å². The predicted molar refractivity (Wildman–Crippen MR) is 69.8 cm³/mol. The van der Waals surface area contributed by atoms with Crippen LogP contribution in [0, 0.1) is 0 Å². The second kappa shape index (κ2) is 5.28. The van der Waals surface area contributed by atoms with Crippen molar-refractivity contribution in [2.45, 2.75) is 9.92 Å². The van der Waals surface area contributed by atoms with Crippen molar-refractivity contribution in [2.24, 2.45) is 0 Å². The summed E-state index contributed by atoms with van der Waals surface area (Å²) in [5.74, 6) is 0. The minimum atomic E-state index is 0.542. The van der Waals surface area contributed by atoms with Gasteiger partial charge in [-0.1, -0.05) is 46.6 Å². The summed E-state index contributed by atoms with van der Waals surface area (Å²) < 4.78 is 0. The first-order chi connectivity index (χ1) is 7.65. The van der Waals surface area contributed by atoms with Crippen LogP contribution in [0.15, 0.2) is 46.5 Å². The largest absolute Gasteiger partial charge is 0.248 e. The Morgan fingerprint density at radius 1 is 0.938 bits per heavy atom. The molecule has 5 heteroatoms. The molecular formula is C11H6Cl3NS. The SMILES string of the molecule is Clc1ccc(Sc2ccc(Cl)c(Cl)c2)nc1. The number of benzene rings is 1. The second-order valence-corrected chi connectivity index (χ2v) is 5.34. The number of hydrogen-bond acceptors (Lipinski definition) is 2. The lowest BCUT2D eigenvalue weighted by Gasteiger charge is -2.02. The molecule has 16 heavy (non-hydrogen) atoms. The van der Waals surface area contributed by atoms with Gasteiger partial charge >= 0.3 is 0 Å². The molecule has 0 aliphatic carbocycles. The maximum Gasteiger partial charge on any atom is 0.101 e. The molecule has 1 nitrogen and oxygen atoms in total. The summed E-state index contributed by atoms with van der Waals surface area (Å²) in [5.41, 5.74) is 0. The fraction of sp³-hybridized carbons (Fsp3) is 0. The van der Waals surface area contributed by atoms with Crippen molar-refractivity contribution in [1.29, 1.82) is 0 Å². The van der Waals surface area contributed by atoms with Crippen molar-refractivity contribution >= 4 is 46.6 Å². The first kappa shape index (κ1) is 12.1. The van der Waals surface area contributed by atoms with Gasteiger partial charge in [-0.05, 0) is 30.3 Å². The second-order valence-electron chi connectivity index (χ2n) is 2.99. The molecule has 0 aliphatic heterocycles. The number of rotatable bonds is 2. The van der Waals surface area contributed by atoms with Gasteiger partial charge in [-0.2, -0.15) is 0 Å². The molecule has 0 bridgehead atoms. The van der Waals surface area contributed by atoms with Crippen LogP contribution in [-0.2, 0) is 0 Å². The molecule has 1 aromatic carbocycles. The van der Waals surface area contributed by atoms with Crippen LogP contribution in [0.25, 0.3) is 0 Å². The van der Waals surface area contributed by atoms with E-state index in [1.807, 2.05) is 18.2 Å². The fourth-order valence-electron chi connectivity index (χ4n) is 1.08. The Balaban J connectivity index is 2.20. The van der Waals surface area contributed by atoms with Crippen molar-refractivity contribution in [2.75, 3.05) is 0 Å². The van der Waals surface area contributed by atoms with Crippen molar-refractivity contribution in [3.63, 3.8) is 0 Å². The van der Waals surface area contributed by atoms with Gasteiger partial charge in [0.05, 0.1) is 15.1 Å². The van der Waals surface area contributed by atoms with Gasteiger partial charge in [-0.25, -0.2) is 4.98 Å². The fourth-order valence-corrected chi connectivity index (χ4v) is 2.35. The molecule has 1 heterocycles. The summed E-state index contributed by atoms with van der Waals surface area (Å²) in [5, 5.41) is 2.58. The normalized spacial score (nSPS) is 10.4. The third-order valence-corrected chi connectivity index (χ3v) is 3.72. The third-order valence-electron chi connectivity index (χ3n) is 1.81. The van der Waals surface area contributed by atoms with Gasteiger partial charge in [0.25, 0.3) is 0 Å². The average Bonchev–Trinajstić information content (AvgIpc) is 2.27. The van der Waals surface area contributed by atoms with Crippen LogP contribution < -0.4 is 0 Å². The maximum atomic E-state index is 5.92. The molecule has 0 N–H and O–H groups in total. The molecule has 0 fully saturated rings. The third kappa shape index (κ3) is 3.05. The zero-order valence-electron chi connectivity index (χ0n) is 7.95. The average molecular weight is 291 g/mol. The van der Waals surface area contributed by atoms with E-state index in [4.69, 9.17) is 34.8 Å².